The van der Waals surface area contributed by atoms with Crippen molar-refractivity contribution in [1.82, 2.24) is 9.55 Å². The van der Waals surface area contributed by atoms with Crippen molar-refractivity contribution in [2.24, 2.45) is 5.92 Å². The van der Waals surface area contributed by atoms with Crippen LogP contribution in [0.3, 0.4) is 0 Å². The van der Waals surface area contributed by atoms with E-state index in [1.54, 1.807) is 12.5 Å². The molecule has 1 aromatic heterocycles. The van der Waals surface area contributed by atoms with Crippen molar-refractivity contribution in [1.29, 1.82) is 0 Å². The van der Waals surface area contributed by atoms with E-state index in [-0.39, 0.29) is 6.10 Å². The summed E-state index contributed by atoms with van der Waals surface area (Å²) in [6, 6.07) is 0. The third kappa shape index (κ3) is 5.32. The SMILES string of the molecule is CS(=O)(=O)OC(CCC1CCCC1)Cn1ccnc1. The minimum atomic E-state index is -3.41. The Labute approximate surface area is 115 Å². The molecule has 108 valence electrons. The van der Waals surface area contributed by atoms with Gasteiger partial charge >= 0.3 is 0 Å². The van der Waals surface area contributed by atoms with E-state index in [1.807, 2.05) is 10.8 Å². The quantitative estimate of drug-likeness (QED) is 0.721. The third-order valence-corrected chi connectivity index (χ3v) is 4.28. The Morgan fingerprint density at radius 2 is 2.16 bits per heavy atom. The van der Waals surface area contributed by atoms with Gasteiger partial charge in [-0.15, -0.1) is 0 Å². The maximum Gasteiger partial charge on any atom is 0.264 e. The van der Waals surface area contributed by atoms with Crippen LogP contribution < -0.4 is 0 Å². The van der Waals surface area contributed by atoms with Gasteiger partial charge in [0.2, 0.25) is 0 Å². The molecule has 1 unspecified atom stereocenters. The molecular weight excluding hydrogens is 264 g/mol. The lowest BCUT2D eigenvalue weighted by Crippen LogP contribution is -2.23. The maximum atomic E-state index is 11.3. The second kappa shape index (κ2) is 6.52. The maximum absolute atomic E-state index is 11.3. The number of nitrogens with zero attached hydrogens (tertiary/aromatic N) is 2. The second-order valence-electron chi connectivity index (χ2n) is 5.41. The van der Waals surface area contributed by atoms with Gasteiger partial charge in [-0.1, -0.05) is 25.7 Å². The van der Waals surface area contributed by atoms with Crippen molar-refractivity contribution in [2.45, 2.75) is 51.2 Å². The molecule has 1 atom stereocenters. The molecule has 1 aromatic rings. The normalized spacial score (nSPS) is 18.8. The Balaban J connectivity index is 1.89. The van der Waals surface area contributed by atoms with E-state index >= 15 is 0 Å². The van der Waals surface area contributed by atoms with Crippen LogP contribution in [-0.2, 0) is 20.8 Å². The summed E-state index contributed by atoms with van der Waals surface area (Å²) in [5, 5.41) is 0. The van der Waals surface area contributed by atoms with Crippen molar-refractivity contribution < 1.29 is 12.6 Å². The highest BCUT2D eigenvalue weighted by molar-refractivity contribution is 7.86. The zero-order valence-corrected chi connectivity index (χ0v) is 12.2. The van der Waals surface area contributed by atoms with E-state index in [9.17, 15) is 8.42 Å². The summed E-state index contributed by atoms with van der Waals surface area (Å²) >= 11 is 0. The molecule has 0 bridgehead atoms. The van der Waals surface area contributed by atoms with Crippen LogP contribution in [0.4, 0.5) is 0 Å². The standard InChI is InChI=1S/C13H22N2O3S/c1-19(16,17)18-13(10-15-9-8-14-11-15)7-6-12-4-2-3-5-12/h8-9,11-13H,2-7,10H2,1H3. The summed E-state index contributed by atoms with van der Waals surface area (Å²) in [5.74, 6) is 0.744. The van der Waals surface area contributed by atoms with Gasteiger partial charge in [-0.05, 0) is 18.8 Å². The predicted octanol–water partition coefficient (Wildman–Crippen LogP) is 2.20. The molecule has 1 aliphatic carbocycles. The Kier molecular flexibility index (Phi) is 4.99. The average molecular weight is 286 g/mol. The second-order valence-corrected chi connectivity index (χ2v) is 7.01. The van der Waals surface area contributed by atoms with E-state index in [0.717, 1.165) is 25.0 Å². The van der Waals surface area contributed by atoms with Gasteiger partial charge in [-0.3, -0.25) is 4.18 Å². The van der Waals surface area contributed by atoms with Crippen LogP contribution in [0.15, 0.2) is 18.7 Å². The fourth-order valence-electron chi connectivity index (χ4n) is 2.77. The van der Waals surface area contributed by atoms with Crippen LogP contribution in [0, 0.1) is 5.92 Å². The van der Waals surface area contributed by atoms with Gasteiger partial charge in [0, 0.05) is 12.4 Å². The van der Waals surface area contributed by atoms with E-state index in [2.05, 4.69) is 4.98 Å². The van der Waals surface area contributed by atoms with Crippen molar-refractivity contribution >= 4 is 10.1 Å². The van der Waals surface area contributed by atoms with Crippen LogP contribution in [0.2, 0.25) is 0 Å². The highest BCUT2D eigenvalue weighted by Gasteiger charge is 2.20. The van der Waals surface area contributed by atoms with Gasteiger partial charge in [-0.25, -0.2) is 4.98 Å². The molecule has 5 nitrogen and oxygen atoms in total. The van der Waals surface area contributed by atoms with Crippen molar-refractivity contribution in [3.8, 4) is 0 Å². The fourth-order valence-corrected chi connectivity index (χ4v) is 3.42. The molecule has 1 fully saturated rings. The van der Waals surface area contributed by atoms with Crippen molar-refractivity contribution in [3.05, 3.63) is 18.7 Å². The summed E-state index contributed by atoms with van der Waals surface area (Å²) in [6.45, 7) is 0.541. The lowest BCUT2D eigenvalue weighted by Gasteiger charge is -2.18. The largest absolute Gasteiger partial charge is 0.335 e. The van der Waals surface area contributed by atoms with Gasteiger partial charge in [0.05, 0.1) is 25.2 Å². The first-order valence-electron chi connectivity index (χ1n) is 6.87. The van der Waals surface area contributed by atoms with Gasteiger partial charge in [0.1, 0.15) is 0 Å². The Morgan fingerprint density at radius 3 is 2.74 bits per heavy atom. The van der Waals surface area contributed by atoms with E-state index < -0.39 is 10.1 Å². The van der Waals surface area contributed by atoms with E-state index in [1.165, 1.54) is 25.7 Å². The monoisotopic (exact) mass is 286 g/mol. The van der Waals surface area contributed by atoms with Crippen molar-refractivity contribution in [3.63, 3.8) is 0 Å². The first-order valence-corrected chi connectivity index (χ1v) is 8.68. The highest BCUT2D eigenvalue weighted by atomic mass is 32.2. The summed E-state index contributed by atoms with van der Waals surface area (Å²) in [6.07, 6.45) is 13.0. The first-order chi connectivity index (χ1) is 9.03. The number of hydrogen-bond donors (Lipinski definition) is 0. The topological polar surface area (TPSA) is 61.2 Å². The summed E-state index contributed by atoms with van der Waals surface area (Å²) in [5.41, 5.74) is 0. The van der Waals surface area contributed by atoms with Gasteiger partial charge in [0.25, 0.3) is 10.1 Å². The molecular formula is C13H22N2O3S. The molecule has 0 amide bonds. The van der Waals surface area contributed by atoms with Gasteiger partial charge in [0.15, 0.2) is 0 Å². The molecule has 0 aromatic carbocycles. The third-order valence-electron chi connectivity index (χ3n) is 3.66. The van der Waals surface area contributed by atoms with Crippen LogP contribution in [0.5, 0.6) is 0 Å². The molecule has 0 N–H and O–H groups in total. The van der Waals surface area contributed by atoms with Crippen molar-refractivity contribution in [2.75, 3.05) is 6.26 Å². The lowest BCUT2D eigenvalue weighted by atomic mass is 9.99. The molecule has 0 aliphatic heterocycles. The van der Waals surface area contributed by atoms with Gasteiger partial charge in [-0.2, -0.15) is 8.42 Å². The van der Waals surface area contributed by atoms with Crippen LogP contribution in [-0.4, -0.2) is 30.3 Å². The minimum absolute atomic E-state index is 0.287. The smallest absolute Gasteiger partial charge is 0.264 e. The van der Waals surface area contributed by atoms with Crippen LogP contribution in [0.1, 0.15) is 38.5 Å². The Bertz CT molecular complexity index is 464. The molecule has 6 heteroatoms. The number of imidazole rings is 1. The number of hydrogen-bond acceptors (Lipinski definition) is 4. The molecule has 1 heterocycles. The molecule has 2 rings (SSSR count). The van der Waals surface area contributed by atoms with Gasteiger partial charge < -0.3 is 4.57 Å². The average Bonchev–Trinajstić information content (AvgIpc) is 2.96. The highest BCUT2D eigenvalue weighted by Crippen LogP contribution is 2.29. The lowest BCUT2D eigenvalue weighted by molar-refractivity contribution is 0.169. The Hall–Kier alpha value is -0.880. The first kappa shape index (κ1) is 14.5. The Morgan fingerprint density at radius 1 is 1.42 bits per heavy atom. The van der Waals surface area contributed by atoms with E-state index in [4.69, 9.17) is 4.18 Å². The fraction of sp³-hybridized carbons (Fsp3) is 0.769. The molecule has 0 saturated heterocycles. The minimum Gasteiger partial charge on any atom is -0.335 e. The van der Waals surface area contributed by atoms with Crippen LogP contribution in [0.25, 0.3) is 0 Å². The van der Waals surface area contributed by atoms with E-state index in [0.29, 0.717) is 6.54 Å². The molecule has 1 aliphatic rings. The zero-order valence-electron chi connectivity index (χ0n) is 11.4. The molecule has 0 radical (unpaired) electrons. The predicted molar refractivity (Wildman–Crippen MR) is 73.1 cm³/mol. The summed E-state index contributed by atoms with van der Waals surface area (Å²) in [4.78, 5) is 3.97. The molecule has 19 heavy (non-hydrogen) atoms. The summed E-state index contributed by atoms with van der Waals surface area (Å²) < 4.78 is 29.7. The molecule has 1 saturated carbocycles. The summed E-state index contributed by atoms with van der Waals surface area (Å²) in [7, 11) is -3.41. The molecule has 0 spiro atoms. The van der Waals surface area contributed by atoms with Crippen LogP contribution >= 0.6 is 0 Å². The zero-order chi connectivity index (χ0) is 13.7. The number of rotatable bonds is 7. The number of aromatic nitrogens is 2.